The third kappa shape index (κ3) is 3.19. The summed E-state index contributed by atoms with van der Waals surface area (Å²) in [4.78, 5) is 10.5. The van der Waals surface area contributed by atoms with E-state index < -0.39 is 4.92 Å². The average Bonchev–Trinajstić information content (AvgIpc) is 2.40. The topological polar surface area (TPSA) is 52.4 Å². The molecule has 0 bridgehead atoms. The van der Waals surface area contributed by atoms with Crippen LogP contribution in [0.15, 0.2) is 54.6 Å². The first-order chi connectivity index (χ1) is 9.20. The molecule has 0 amide bonds. The van der Waals surface area contributed by atoms with Gasteiger partial charge in [-0.25, -0.2) is 0 Å². The summed E-state index contributed by atoms with van der Waals surface area (Å²) in [5.41, 5.74) is 0.597. The van der Waals surface area contributed by atoms with Crippen LogP contribution in [0.4, 0.5) is 5.69 Å². The molecule has 0 aliphatic rings. The molecule has 96 valence electrons. The second kappa shape index (κ2) is 5.82. The van der Waals surface area contributed by atoms with Crippen LogP contribution in [-0.4, -0.2) is 4.92 Å². The molecule has 0 fully saturated rings. The number of ether oxygens (including phenoxy) is 1. The van der Waals surface area contributed by atoms with Crippen LogP contribution in [0.2, 0.25) is 0 Å². The summed E-state index contributed by atoms with van der Waals surface area (Å²) in [5.74, 6) is 1.27. The van der Waals surface area contributed by atoms with Crippen LogP contribution >= 0.6 is 0 Å². The first kappa shape index (κ1) is 12.8. The molecule has 2 aromatic rings. The molecule has 0 aliphatic heterocycles. The van der Waals surface area contributed by atoms with Crippen molar-refractivity contribution in [3.63, 3.8) is 0 Å². The SMILES string of the molecule is C/C=C/c1cc(Oc2ccccc2)ccc1[N+](=O)[O-]. The Morgan fingerprint density at radius 1 is 1.11 bits per heavy atom. The second-order valence-electron chi connectivity index (χ2n) is 3.89. The maximum absolute atomic E-state index is 10.9. The Kier molecular flexibility index (Phi) is 3.93. The lowest BCUT2D eigenvalue weighted by Crippen LogP contribution is -1.92. The molecule has 0 heterocycles. The molecule has 4 nitrogen and oxygen atoms in total. The quantitative estimate of drug-likeness (QED) is 0.600. The van der Waals surface area contributed by atoms with Crippen molar-refractivity contribution in [2.75, 3.05) is 0 Å². The molecule has 0 spiro atoms. The fraction of sp³-hybridized carbons (Fsp3) is 0.0667. The Labute approximate surface area is 111 Å². The van der Waals surface area contributed by atoms with E-state index in [2.05, 4.69) is 0 Å². The molecule has 0 N–H and O–H groups in total. The average molecular weight is 255 g/mol. The summed E-state index contributed by atoms with van der Waals surface area (Å²) < 4.78 is 5.64. The largest absolute Gasteiger partial charge is 0.457 e. The van der Waals surface area contributed by atoms with Crippen molar-refractivity contribution in [2.45, 2.75) is 6.92 Å². The molecule has 0 aromatic heterocycles. The van der Waals surface area contributed by atoms with Crippen molar-refractivity contribution in [1.82, 2.24) is 0 Å². The number of nitro benzene ring substituents is 1. The minimum Gasteiger partial charge on any atom is -0.457 e. The minimum absolute atomic E-state index is 0.0681. The van der Waals surface area contributed by atoms with Crippen LogP contribution in [0.25, 0.3) is 6.08 Å². The maximum atomic E-state index is 10.9. The molecule has 0 atom stereocenters. The zero-order chi connectivity index (χ0) is 13.7. The Hall–Kier alpha value is -2.62. The van der Waals surface area contributed by atoms with Crippen molar-refractivity contribution in [3.8, 4) is 11.5 Å². The van der Waals surface area contributed by atoms with E-state index in [-0.39, 0.29) is 5.69 Å². The van der Waals surface area contributed by atoms with Gasteiger partial charge in [-0.2, -0.15) is 0 Å². The van der Waals surface area contributed by atoms with Gasteiger partial charge in [0.05, 0.1) is 10.5 Å². The van der Waals surface area contributed by atoms with E-state index in [1.54, 1.807) is 24.3 Å². The van der Waals surface area contributed by atoms with E-state index in [4.69, 9.17) is 4.74 Å². The van der Waals surface area contributed by atoms with Gasteiger partial charge in [-0.15, -0.1) is 0 Å². The summed E-state index contributed by atoms with van der Waals surface area (Å²) in [6.07, 6.45) is 3.45. The van der Waals surface area contributed by atoms with Crippen LogP contribution in [0.5, 0.6) is 11.5 Å². The minimum atomic E-state index is -0.401. The van der Waals surface area contributed by atoms with E-state index in [1.165, 1.54) is 6.07 Å². The molecule has 0 unspecified atom stereocenters. The molecular formula is C15H13NO3. The van der Waals surface area contributed by atoms with Gasteiger partial charge in [-0.3, -0.25) is 10.1 Å². The highest BCUT2D eigenvalue weighted by Crippen LogP contribution is 2.28. The standard InChI is InChI=1S/C15H13NO3/c1-2-6-12-11-14(9-10-15(12)16(17)18)19-13-7-4-3-5-8-13/h2-11H,1H3/b6-2+. The zero-order valence-electron chi connectivity index (χ0n) is 10.4. The number of nitrogens with zero attached hydrogens (tertiary/aromatic N) is 1. The van der Waals surface area contributed by atoms with Crippen LogP contribution in [-0.2, 0) is 0 Å². The molecule has 2 aromatic carbocycles. The van der Waals surface area contributed by atoms with E-state index >= 15 is 0 Å². The molecule has 0 saturated heterocycles. The van der Waals surface area contributed by atoms with Crippen molar-refractivity contribution >= 4 is 11.8 Å². The third-order valence-electron chi connectivity index (χ3n) is 2.52. The van der Waals surface area contributed by atoms with Crippen LogP contribution in [0.1, 0.15) is 12.5 Å². The van der Waals surface area contributed by atoms with Crippen molar-refractivity contribution < 1.29 is 9.66 Å². The predicted molar refractivity (Wildman–Crippen MR) is 74.3 cm³/mol. The zero-order valence-corrected chi connectivity index (χ0v) is 10.4. The summed E-state index contributed by atoms with van der Waals surface area (Å²) in [5, 5.41) is 10.9. The fourth-order valence-corrected chi connectivity index (χ4v) is 1.70. The van der Waals surface area contributed by atoms with Crippen LogP contribution in [0, 0.1) is 10.1 Å². The van der Waals surface area contributed by atoms with Gasteiger partial charge in [-0.1, -0.05) is 30.4 Å². The lowest BCUT2D eigenvalue weighted by Gasteiger charge is -2.06. The van der Waals surface area contributed by atoms with Crippen molar-refractivity contribution in [3.05, 3.63) is 70.3 Å². The second-order valence-corrected chi connectivity index (χ2v) is 3.89. The summed E-state index contributed by atoms with van der Waals surface area (Å²) >= 11 is 0. The van der Waals surface area contributed by atoms with Gasteiger partial charge >= 0.3 is 0 Å². The molecular weight excluding hydrogens is 242 g/mol. The summed E-state index contributed by atoms with van der Waals surface area (Å²) in [6, 6.07) is 14.0. The Morgan fingerprint density at radius 3 is 2.47 bits per heavy atom. The van der Waals surface area contributed by atoms with Gasteiger partial charge in [0.25, 0.3) is 5.69 Å². The highest BCUT2D eigenvalue weighted by atomic mass is 16.6. The van der Waals surface area contributed by atoms with Gasteiger partial charge < -0.3 is 4.74 Å². The maximum Gasteiger partial charge on any atom is 0.276 e. The molecule has 19 heavy (non-hydrogen) atoms. The highest BCUT2D eigenvalue weighted by Gasteiger charge is 2.12. The summed E-state index contributed by atoms with van der Waals surface area (Å²) in [7, 11) is 0. The lowest BCUT2D eigenvalue weighted by atomic mass is 10.1. The van der Waals surface area contributed by atoms with E-state index in [9.17, 15) is 10.1 Å². The Bertz CT molecular complexity index is 606. The molecule has 0 saturated carbocycles. The number of para-hydroxylation sites is 1. The van der Waals surface area contributed by atoms with Crippen molar-refractivity contribution in [2.24, 2.45) is 0 Å². The normalized spacial score (nSPS) is 10.6. The Morgan fingerprint density at radius 2 is 1.84 bits per heavy atom. The van der Waals surface area contributed by atoms with Gasteiger partial charge in [0, 0.05) is 6.07 Å². The van der Waals surface area contributed by atoms with Crippen LogP contribution in [0.3, 0.4) is 0 Å². The number of rotatable bonds is 4. The number of nitro groups is 1. The molecule has 4 heteroatoms. The molecule has 0 aliphatic carbocycles. The van der Waals surface area contributed by atoms with E-state index in [0.717, 1.165) is 0 Å². The van der Waals surface area contributed by atoms with Gasteiger partial charge in [-0.05, 0) is 31.2 Å². The third-order valence-corrected chi connectivity index (χ3v) is 2.52. The van der Waals surface area contributed by atoms with E-state index in [0.29, 0.717) is 17.1 Å². The fourth-order valence-electron chi connectivity index (χ4n) is 1.70. The Balaban J connectivity index is 2.33. The van der Waals surface area contributed by atoms with Crippen molar-refractivity contribution in [1.29, 1.82) is 0 Å². The van der Waals surface area contributed by atoms with Gasteiger partial charge in [0.15, 0.2) is 0 Å². The highest BCUT2D eigenvalue weighted by molar-refractivity contribution is 5.63. The van der Waals surface area contributed by atoms with Crippen LogP contribution < -0.4 is 4.74 Å². The monoisotopic (exact) mass is 255 g/mol. The number of hydrogen-bond donors (Lipinski definition) is 0. The number of benzene rings is 2. The summed E-state index contributed by atoms with van der Waals surface area (Å²) in [6.45, 7) is 1.81. The molecule has 2 rings (SSSR count). The van der Waals surface area contributed by atoms with Gasteiger partial charge in [0.1, 0.15) is 11.5 Å². The predicted octanol–water partition coefficient (Wildman–Crippen LogP) is 4.42. The first-order valence-corrected chi connectivity index (χ1v) is 5.85. The van der Waals surface area contributed by atoms with E-state index in [1.807, 2.05) is 37.3 Å². The smallest absolute Gasteiger partial charge is 0.276 e. The number of hydrogen-bond acceptors (Lipinski definition) is 3. The first-order valence-electron chi connectivity index (χ1n) is 5.85. The van der Waals surface area contributed by atoms with Gasteiger partial charge in [0.2, 0.25) is 0 Å². The molecule has 0 radical (unpaired) electrons. The number of allylic oxidation sites excluding steroid dienone is 1. The lowest BCUT2D eigenvalue weighted by molar-refractivity contribution is -0.385.